The lowest BCUT2D eigenvalue weighted by Gasteiger charge is -2.17. The molecule has 92 valence electrons. The second kappa shape index (κ2) is 6.65. The molecule has 0 aliphatic carbocycles. The summed E-state index contributed by atoms with van der Waals surface area (Å²) in [4.78, 5) is 0. The van der Waals surface area contributed by atoms with Gasteiger partial charge in [-0.25, -0.2) is 4.39 Å². The first-order chi connectivity index (χ1) is 6.93. The van der Waals surface area contributed by atoms with E-state index in [9.17, 15) is 4.39 Å². The molecule has 0 aliphatic heterocycles. The van der Waals surface area contributed by atoms with E-state index in [-0.39, 0.29) is 17.4 Å². The maximum absolute atomic E-state index is 13.7. The predicted molar refractivity (Wildman–Crippen MR) is 70.1 cm³/mol. The average molecular weight is 287 g/mol. The Labute approximate surface area is 112 Å². The van der Waals surface area contributed by atoms with E-state index in [1.807, 2.05) is 13.8 Å². The molecule has 0 amide bonds. The third kappa shape index (κ3) is 3.77. The van der Waals surface area contributed by atoms with Gasteiger partial charge in [-0.2, -0.15) is 0 Å². The summed E-state index contributed by atoms with van der Waals surface area (Å²) in [5.41, 5.74) is 6.20. The zero-order valence-corrected chi connectivity index (χ0v) is 11.5. The van der Waals surface area contributed by atoms with Crippen LogP contribution in [0.4, 0.5) is 4.39 Å². The van der Waals surface area contributed by atoms with Crippen molar-refractivity contribution < 1.29 is 4.39 Å². The highest BCUT2D eigenvalue weighted by molar-refractivity contribution is 6.33. The van der Waals surface area contributed by atoms with E-state index >= 15 is 0 Å². The number of hydrogen-bond donors (Lipinski definition) is 1. The quantitative estimate of drug-likeness (QED) is 0.807. The Balaban J connectivity index is 0.00000225. The normalized spacial score (nSPS) is 12.4. The minimum atomic E-state index is -0.502. The number of rotatable bonds is 3. The summed E-state index contributed by atoms with van der Waals surface area (Å²) in [7, 11) is 0. The molecule has 0 fully saturated rings. The van der Waals surface area contributed by atoms with Gasteiger partial charge in [-0.3, -0.25) is 0 Å². The first-order valence-corrected chi connectivity index (χ1v) is 5.58. The van der Waals surface area contributed by atoms with Gasteiger partial charge in [-0.1, -0.05) is 37.0 Å². The van der Waals surface area contributed by atoms with Gasteiger partial charge in [-0.05, 0) is 24.5 Å². The second-order valence-electron chi connectivity index (χ2n) is 3.99. The Morgan fingerprint density at radius 3 is 2.25 bits per heavy atom. The Kier molecular flexibility index (Phi) is 6.64. The molecule has 1 rings (SSSR count). The number of halogens is 4. The fourth-order valence-corrected chi connectivity index (χ4v) is 1.96. The van der Waals surface area contributed by atoms with Gasteiger partial charge in [0.1, 0.15) is 5.82 Å². The van der Waals surface area contributed by atoms with Crippen molar-refractivity contribution in [3.05, 3.63) is 33.6 Å². The van der Waals surface area contributed by atoms with E-state index in [2.05, 4.69) is 0 Å². The Morgan fingerprint density at radius 1 is 1.25 bits per heavy atom. The summed E-state index contributed by atoms with van der Waals surface area (Å²) in [6.07, 6.45) is 0.678. The lowest BCUT2D eigenvalue weighted by molar-refractivity contribution is 0.489. The molecular formula is C11H15Cl3FN. The molecule has 0 heterocycles. The molecule has 5 heteroatoms. The van der Waals surface area contributed by atoms with Crippen LogP contribution < -0.4 is 5.73 Å². The van der Waals surface area contributed by atoms with Gasteiger partial charge in [0.15, 0.2) is 0 Å². The minimum Gasteiger partial charge on any atom is -0.324 e. The topological polar surface area (TPSA) is 26.0 Å². The number of benzene rings is 1. The molecule has 2 N–H and O–H groups in total. The van der Waals surface area contributed by atoms with Crippen LogP contribution >= 0.6 is 35.6 Å². The fourth-order valence-electron chi connectivity index (χ4n) is 1.51. The van der Waals surface area contributed by atoms with Gasteiger partial charge >= 0.3 is 0 Å². The summed E-state index contributed by atoms with van der Waals surface area (Å²) in [6.45, 7) is 4.05. The molecule has 0 radical (unpaired) electrons. The van der Waals surface area contributed by atoms with Crippen LogP contribution in [0.15, 0.2) is 12.1 Å². The van der Waals surface area contributed by atoms with Gasteiger partial charge in [0.2, 0.25) is 0 Å². The average Bonchev–Trinajstić information content (AvgIpc) is 2.11. The van der Waals surface area contributed by atoms with Crippen LogP contribution in [-0.4, -0.2) is 0 Å². The third-order valence-electron chi connectivity index (χ3n) is 2.18. The van der Waals surface area contributed by atoms with E-state index in [4.69, 9.17) is 28.9 Å². The number of hydrogen-bond acceptors (Lipinski definition) is 1. The standard InChI is InChI=1S/C11H14Cl2FN.ClH/c1-6(2)5-9(15)10-7(12)3-4-8(13)11(10)14;/h3-4,6,9H,5,15H2,1-2H3;1H/t9-;/m0./s1. The van der Waals surface area contributed by atoms with Crippen molar-refractivity contribution in [3.63, 3.8) is 0 Å². The Bertz CT molecular complexity index is 355. The Hall–Kier alpha value is -0.0200. The summed E-state index contributed by atoms with van der Waals surface area (Å²) < 4.78 is 13.7. The molecule has 16 heavy (non-hydrogen) atoms. The summed E-state index contributed by atoms with van der Waals surface area (Å²) in [6, 6.07) is 2.60. The molecular weight excluding hydrogens is 271 g/mol. The molecule has 1 nitrogen and oxygen atoms in total. The molecule has 0 saturated carbocycles. The summed E-state index contributed by atoms with van der Waals surface area (Å²) in [5, 5.41) is 0.402. The fraction of sp³-hybridized carbons (Fsp3) is 0.455. The molecule has 1 atom stereocenters. The summed E-state index contributed by atoms with van der Waals surface area (Å²) in [5.74, 6) is -0.119. The minimum absolute atomic E-state index is 0. The van der Waals surface area contributed by atoms with Gasteiger partial charge in [0.25, 0.3) is 0 Å². The predicted octanol–water partition coefficient (Wildman–Crippen LogP) is 4.60. The van der Waals surface area contributed by atoms with Crippen molar-refractivity contribution in [2.75, 3.05) is 0 Å². The van der Waals surface area contributed by atoms with Crippen LogP contribution in [0.1, 0.15) is 31.9 Å². The molecule has 1 aromatic rings. The van der Waals surface area contributed by atoms with E-state index in [0.717, 1.165) is 0 Å². The van der Waals surface area contributed by atoms with Gasteiger partial charge in [0, 0.05) is 16.6 Å². The zero-order valence-electron chi connectivity index (χ0n) is 9.14. The van der Waals surface area contributed by atoms with Crippen molar-refractivity contribution in [1.82, 2.24) is 0 Å². The first-order valence-electron chi connectivity index (χ1n) is 4.82. The van der Waals surface area contributed by atoms with Crippen molar-refractivity contribution in [2.24, 2.45) is 11.7 Å². The zero-order chi connectivity index (χ0) is 11.6. The van der Waals surface area contributed by atoms with Crippen molar-refractivity contribution >= 4 is 35.6 Å². The summed E-state index contributed by atoms with van der Waals surface area (Å²) >= 11 is 11.6. The van der Waals surface area contributed by atoms with Crippen LogP contribution in [0, 0.1) is 11.7 Å². The lowest BCUT2D eigenvalue weighted by atomic mass is 9.97. The molecule has 0 aliphatic rings. The van der Waals surface area contributed by atoms with Crippen LogP contribution in [-0.2, 0) is 0 Å². The van der Waals surface area contributed by atoms with Crippen molar-refractivity contribution in [3.8, 4) is 0 Å². The van der Waals surface area contributed by atoms with Crippen molar-refractivity contribution in [2.45, 2.75) is 26.3 Å². The molecule has 1 aromatic carbocycles. The van der Waals surface area contributed by atoms with E-state index < -0.39 is 11.9 Å². The second-order valence-corrected chi connectivity index (χ2v) is 4.81. The van der Waals surface area contributed by atoms with Gasteiger partial charge in [-0.15, -0.1) is 12.4 Å². The van der Waals surface area contributed by atoms with E-state index in [1.165, 1.54) is 6.07 Å². The van der Waals surface area contributed by atoms with Crippen LogP contribution in [0.3, 0.4) is 0 Å². The van der Waals surface area contributed by atoms with Crippen LogP contribution in [0.2, 0.25) is 10.0 Å². The SMILES string of the molecule is CC(C)C[C@H](N)c1c(Cl)ccc(Cl)c1F.Cl. The first kappa shape index (κ1) is 16.0. The van der Waals surface area contributed by atoms with Crippen LogP contribution in [0.5, 0.6) is 0 Å². The van der Waals surface area contributed by atoms with Crippen LogP contribution in [0.25, 0.3) is 0 Å². The maximum Gasteiger partial charge on any atom is 0.148 e. The molecule has 0 aromatic heterocycles. The Morgan fingerprint density at radius 2 is 1.75 bits per heavy atom. The smallest absolute Gasteiger partial charge is 0.148 e. The van der Waals surface area contributed by atoms with E-state index in [1.54, 1.807) is 6.07 Å². The van der Waals surface area contributed by atoms with E-state index in [0.29, 0.717) is 22.9 Å². The largest absolute Gasteiger partial charge is 0.324 e. The molecule has 0 saturated heterocycles. The molecule has 0 bridgehead atoms. The third-order valence-corrected chi connectivity index (χ3v) is 2.80. The van der Waals surface area contributed by atoms with Gasteiger partial charge in [0.05, 0.1) is 5.02 Å². The highest BCUT2D eigenvalue weighted by Crippen LogP contribution is 2.31. The molecule has 0 spiro atoms. The lowest BCUT2D eigenvalue weighted by Crippen LogP contribution is -2.15. The monoisotopic (exact) mass is 285 g/mol. The maximum atomic E-state index is 13.7. The van der Waals surface area contributed by atoms with Crippen molar-refractivity contribution in [1.29, 1.82) is 0 Å². The number of nitrogens with two attached hydrogens (primary N) is 1. The highest BCUT2D eigenvalue weighted by atomic mass is 35.5. The molecule has 0 unspecified atom stereocenters. The van der Waals surface area contributed by atoms with Gasteiger partial charge < -0.3 is 5.73 Å². The highest BCUT2D eigenvalue weighted by Gasteiger charge is 2.18.